The van der Waals surface area contributed by atoms with E-state index in [-0.39, 0.29) is 5.69 Å². The molecule has 0 spiro atoms. The van der Waals surface area contributed by atoms with Gasteiger partial charge in [0.05, 0.1) is 7.11 Å². The Morgan fingerprint density at radius 1 is 0.818 bits per heavy atom. The average Bonchev–Trinajstić information content (AvgIpc) is 2.86. The maximum absolute atomic E-state index is 12.4. The molecule has 0 unspecified atom stereocenters. The Morgan fingerprint density at radius 3 is 2.15 bits per heavy atom. The summed E-state index contributed by atoms with van der Waals surface area (Å²) in [5.41, 5.74) is 3.20. The minimum Gasteiger partial charge on any atom is -0.486 e. The lowest BCUT2D eigenvalue weighted by Crippen LogP contribution is -2.09. The van der Waals surface area contributed by atoms with E-state index in [0.29, 0.717) is 18.1 Å². The monoisotopic (exact) mass is 443 g/mol. The lowest BCUT2D eigenvalue weighted by molar-refractivity contribution is 0.0588. The van der Waals surface area contributed by atoms with Crippen LogP contribution < -0.4 is 9.47 Å². The fourth-order valence-electron chi connectivity index (χ4n) is 3.47. The van der Waals surface area contributed by atoms with E-state index < -0.39 is 5.97 Å². The molecule has 1 aromatic heterocycles. The van der Waals surface area contributed by atoms with Crippen molar-refractivity contribution < 1.29 is 19.0 Å². The molecule has 0 amide bonds. The topological polar surface area (TPSA) is 57.7 Å². The second-order valence-corrected chi connectivity index (χ2v) is 7.24. The first kappa shape index (κ1) is 23.8. The number of rotatable bonds is 6. The lowest BCUT2D eigenvalue weighted by atomic mass is 10.1. The summed E-state index contributed by atoms with van der Waals surface area (Å²) >= 11 is 0. The quantitative estimate of drug-likeness (QED) is 0.299. The van der Waals surface area contributed by atoms with Gasteiger partial charge in [0.2, 0.25) is 0 Å². The summed E-state index contributed by atoms with van der Waals surface area (Å²) in [6.07, 6.45) is 1.62. The van der Waals surface area contributed by atoms with Crippen LogP contribution in [0.4, 0.5) is 0 Å². The Bertz CT molecular complexity index is 1220. The fraction of sp³-hybridized carbons (Fsp3) is 0.214. The van der Waals surface area contributed by atoms with Gasteiger partial charge in [-0.25, -0.2) is 9.78 Å². The molecule has 5 nitrogen and oxygen atoms in total. The SMILES string of the molecule is CC.COC(=O)c1ncc2c(Oc3c(C)cccc3C)cccc2c1OCc1ccccc1. The zero-order valence-electron chi connectivity index (χ0n) is 19.7. The van der Waals surface area contributed by atoms with Crippen LogP contribution in [0, 0.1) is 13.8 Å². The molecule has 0 aliphatic heterocycles. The average molecular weight is 444 g/mol. The van der Waals surface area contributed by atoms with Gasteiger partial charge >= 0.3 is 5.97 Å². The lowest BCUT2D eigenvalue weighted by Gasteiger charge is -2.16. The highest BCUT2D eigenvalue weighted by Crippen LogP contribution is 2.38. The van der Waals surface area contributed by atoms with Gasteiger partial charge in [0.25, 0.3) is 0 Å². The predicted octanol–water partition coefficient (Wildman–Crippen LogP) is 7.04. The second kappa shape index (κ2) is 11.1. The minimum atomic E-state index is -0.550. The van der Waals surface area contributed by atoms with Crippen molar-refractivity contribution in [3.63, 3.8) is 0 Å². The number of carbonyl (C=O) groups excluding carboxylic acids is 1. The summed E-state index contributed by atoms with van der Waals surface area (Å²) in [7, 11) is 1.33. The second-order valence-electron chi connectivity index (χ2n) is 7.24. The van der Waals surface area contributed by atoms with Crippen molar-refractivity contribution >= 4 is 16.7 Å². The van der Waals surface area contributed by atoms with Crippen molar-refractivity contribution in [2.24, 2.45) is 0 Å². The molecule has 1 heterocycles. The molecule has 4 aromatic rings. The van der Waals surface area contributed by atoms with Crippen LogP contribution in [0.25, 0.3) is 10.8 Å². The summed E-state index contributed by atoms with van der Waals surface area (Å²) in [4.78, 5) is 16.7. The van der Waals surface area contributed by atoms with E-state index in [1.165, 1.54) is 7.11 Å². The number of para-hydroxylation sites is 1. The number of ether oxygens (including phenoxy) is 3. The molecule has 0 aliphatic rings. The molecular weight excluding hydrogens is 414 g/mol. The molecule has 0 saturated carbocycles. The maximum Gasteiger partial charge on any atom is 0.360 e. The van der Waals surface area contributed by atoms with Crippen molar-refractivity contribution in [1.82, 2.24) is 4.98 Å². The Labute approximate surface area is 195 Å². The first-order chi connectivity index (χ1) is 16.1. The van der Waals surface area contributed by atoms with Crippen LogP contribution in [0.15, 0.2) is 72.9 Å². The highest BCUT2D eigenvalue weighted by atomic mass is 16.5. The Hall–Kier alpha value is -3.86. The van der Waals surface area contributed by atoms with E-state index in [1.54, 1.807) is 6.20 Å². The van der Waals surface area contributed by atoms with Crippen LogP contribution in [-0.4, -0.2) is 18.1 Å². The highest BCUT2D eigenvalue weighted by molar-refractivity contribution is 6.01. The summed E-state index contributed by atoms with van der Waals surface area (Å²) in [5.74, 6) is 1.27. The summed E-state index contributed by atoms with van der Waals surface area (Å²) in [6, 6.07) is 21.4. The normalized spacial score (nSPS) is 10.2. The summed E-state index contributed by atoms with van der Waals surface area (Å²) in [5, 5.41) is 1.48. The molecule has 0 fully saturated rings. The van der Waals surface area contributed by atoms with E-state index in [9.17, 15) is 4.79 Å². The van der Waals surface area contributed by atoms with Crippen LogP contribution in [0.2, 0.25) is 0 Å². The number of hydrogen-bond acceptors (Lipinski definition) is 5. The Balaban J connectivity index is 0.00000149. The molecule has 4 rings (SSSR count). The van der Waals surface area contributed by atoms with Crippen LogP contribution in [0.1, 0.15) is 41.0 Å². The fourth-order valence-corrected chi connectivity index (χ4v) is 3.47. The summed E-state index contributed by atoms with van der Waals surface area (Å²) < 4.78 is 17.3. The van der Waals surface area contributed by atoms with Gasteiger partial charge < -0.3 is 14.2 Å². The number of hydrogen-bond donors (Lipinski definition) is 0. The van der Waals surface area contributed by atoms with Gasteiger partial charge in [0.1, 0.15) is 18.1 Å². The molecule has 0 radical (unpaired) electrons. The number of aryl methyl sites for hydroxylation is 2. The minimum absolute atomic E-state index is 0.134. The Kier molecular flexibility index (Phi) is 8.03. The molecular formula is C28H29NO4. The number of esters is 1. The van der Waals surface area contributed by atoms with E-state index in [1.807, 2.05) is 94.4 Å². The molecule has 5 heteroatoms. The number of aromatic nitrogens is 1. The van der Waals surface area contributed by atoms with Crippen LogP contribution >= 0.6 is 0 Å². The van der Waals surface area contributed by atoms with Gasteiger partial charge in [0, 0.05) is 17.0 Å². The molecule has 0 saturated heterocycles. The molecule has 33 heavy (non-hydrogen) atoms. The van der Waals surface area contributed by atoms with Crippen molar-refractivity contribution in [1.29, 1.82) is 0 Å². The molecule has 0 N–H and O–H groups in total. The van der Waals surface area contributed by atoms with Crippen LogP contribution in [0.5, 0.6) is 17.2 Å². The first-order valence-electron chi connectivity index (χ1n) is 11.0. The van der Waals surface area contributed by atoms with Crippen molar-refractivity contribution in [2.75, 3.05) is 7.11 Å². The molecule has 0 aliphatic carbocycles. The van der Waals surface area contributed by atoms with Gasteiger partial charge in [-0.3, -0.25) is 0 Å². The largest absolute Gasteiger partial charge is 0.486 e. The number of carbonyl (C=O) groups is 1. The smallest absolute Gasteiger partial charge is 0.360 e. The van der Waals surface area contributed by atoms with Gasteiger partial charge in [-0.15, -0.1) is 0 Å². The number of pyridine rings is 1. The van der Waals surface area contributed by atoms with Crippen LogP contribution in [0.3, 0.4) is 0 Å². The van der Waals surface area contributed by atoms with Gasteiger partial charge in [-0.2, -0.15) is 0 Å². The molecule has 0 atom stereocenters. The van der Waals surface area contributed by atoms with Crippen molar-refractivity contribution in [3.05, 3.63) is 95.3 Å². The predicted molar refractivity (Wildman–Crippen MR) is 131 cm³/mol. The molecule has 170 valence electrons. The van der Waals surface area contributed by atoms with Gasteiger partial charge in [0.15, 0.2) is 11.4 Å². The van der Waals surface area contributed by atoms with Crippen molar-refractivity contribution in [3.8, 4) is 17.2 Å². The third-order valence-corrected chi connectivity index (χ3v) is 5.07. The zero-order chi connectivity index (χ0) is 23.8. The van der Waals surface area contributed by atoms with E-state index in [2.05, 4.69) is 4.98 Å². The molecule has 3 aromatic carbocycles. The number of benzene rings is 3. The Morgan fingerprint density at radius 2 is 1.48 bits per heavy atom. The molecule has 0 bridgehead atoms. The third kappa shape index (κ3) is 5.32. The highest BCUT2D eigenvalue weighted by Gasteiger charge is 2.20. The van der Waals surface area contributed by atoms with Gasteiger partial charge in [-0.05, 0) is 36.6 Å². The third-order valence-electron chi connectivity index (χ3n) is 5.07. The van der Waals surface area contributed by atoms with Crippen LogP contribution in [-0.2, 0) is 11.3 Å². The number of methoxy groups -OCH3 is 1. The zero-order valence-corrected chi connectivity index (χ0v) is 19.7. The summed E-state index contributed by atoms with van der Waals surface area (Å²) in [6.45, 7) is 8.32. The van der Waals surface area contributed by atoms with E-state index in [0.717, 1.165) is 33.2 Å². The van der Waals surface area contributed by atoms with Crippen molar-refractivity contribution in [2.45, 2.75) is 34.3 Å². The number of nitrogens with zero attached hydrogens (tertiary/aromatic N) is 1. The van der Waals surface area contributed by atoms with E-state index >= 15 is 0 Å². The standard InChI is InChI=1S/C26H23NO4.C2H6/c1-17-9-7-10-18(2)24(17)31-22-14-8-13-20-21(22)15-27-23(26(28)29-3)25(20)30-16-19-11-5-4-6-12-19;1-2/h4-15H,16H2,1-3H3;1-2H3. The van der Waals surface area contributed by atoms with Gasteiger partial charge in [-0.1, -0.05) is 74.5 Å². The van der Waals surface area contributed by atoms with E-state index in [4.69, 9.17) is 14.2 Å². The maximum atomic E-state index is 12.4. The first-order valence-corrected chi connectivity index (χ1v) is 11.0. The number of fused-ring (bicyclic) bond motifs is 1.